The minimum atomic E-state index is -0.564. The number of methoxy groups -OCH3 is 1. The Morgan fingerprint density at radius 3 is 2.50 bits per heavy atom. The number of halogens is 1. The molecule has 2 aromatic carbocycles. The molecule has 2 aromatic rings. The summed E-state index contributed by atoms with van der Waals surface area (Å²) in [6.45, 7) is 1.92. The quantitative estimate of drug-likeness (QED) is 0.329. The third kappa shape index (κ3) is 4.42. The van der Waals surface area contributed by atoms with Crippen LogP contribution >= 0.6 is 15.9 Å². The van der Waals surface area contributed by atoms with Gasteiger partial charge in [0, 0.05) is 6.08 Å². The molecule has 0 heterocycles. The average Bonchev–Trinajstić information content (AvgIpc) is 2.55. The predicted molar refractivity (Wildman–Crippen MR) is 92.9 cm³/mol. The predicted octanol–water partition coefficient (Wildman–Crippen LogP) is 4.23. The van der Waals surface area contributed by atoms with Crippen molar-refractivity contribution in [2.24, 2.45) is 0 Å². The van der Waals surface area contributed by atoms with Gasteiger partial charge in [-0.1, -0.05) is 17.7 Å². The highest BCUT2D eigenvalue weighted by Gasteiger charge is 2.16. The van der Waals surface area contributed by atoms with Gasteiger partial charge < -0.3 is 9.47 Å². The summed E-state index contributed by atoms with van der Waals surface area (Å²) in [5, 5.41) is 10.4. The maximum Gasteiger partial charge on any atom is 0.343 e. The Hall–Kier alpha value is -2.67. The van der Waals surface area contributed by atoms with Crippen molar-refractivity contribution < 1.29 is 19.2 Å². The van der Waals surface area contributed by atoms with Crippen LogP contribution in [0.3, 0.4) is 0 Å². The molecule has 0 bridgehead atoms. The Bertz CT molecular complexity index is 799. The molecule has 2 rings (SSSR count). The number of esters is 1. The zero-order valence-corrected chi connectivity index (χ0v) is 14.6. The van der Waals surface area contributed by atoms with Crippen LogP contribution in [0, 0.1) is 17.0 Å². The van der Waals surface area contributed by atoms with Gasteiger partial charge in [-0.25, -0.2) is 4.79 Å². The second-order valence-electron chi connectivity index (χ2n) is 4.89. The maximum atomic E-state index is 12.2. The highest BCUT2D eigenvalue weighted by atomic mass is 79.9. The molecule has 24 heavy (non-hydrogen) atoms. The molecule has 7 heteroatoms. The molecule has 0 aromatic heterocycles. The van der Waals surface area contributed by atoms with Gasteiger partial charge >= 0.3 is 5.97 Å². The summed E-state index contributed by atoms with van der Waals surface area (Å²) in [7, 11) is 1.42. The van der Waals surface area contributed by atoms with Crippen LogP contribution in [-0.2, 0) is 0 Å². The Kier molecular flexibility index (Phi) is 5.70. The second-order valence-corrected chi connectivity index (χ2v) is 5.75. The zero-order chi connectivity index (χ0) is 17.7. The number of rotatable bonds is 5. The molecule has 0 aliphatic heterocycles. The van der Waals surface area contributed by atoms with Crippen LogP contribution in [0.4, 0.5) is 0 Å². The van der Waals surface area contributed by atoms with Crippen LogP contribution in [0.15, 0.2) is 47.1 Å². The van der Waals surface area contributed by atoms with Crippen LogP contribution in [0.25, 0.3) is 6.08 Å². The lowest BCUT2D eigenvalue weighted by Gasteiger charge is -2.12. The largest absolute Gasteiger partial charge is 0.493 e. The molecule has 0 saturated heterocycles. The van der Waals surface area contributed by atoms with E-state index in [4.69, 9.17) is 9.47 Å². The molecule has 0 saturated carbocycles. The summed E-state index contributed by atoms with van der Waals surface area (Å²) in [6, 6.07) is 10.1. The first kappa shape index (κ1) is 17.7. The van der Waals surface area contributed by atoms with Crippen LogP contribution in [0.1, 0.15) is 21.5 Å². The molecule has 0 unspecified atom stereocenters. The number of nitro groups is 1. The van der Waals surface area contributed by atoms with Crippen molar-refractivity contribution in [3.63, 3.8) is 0 Å². The van der Waals surface area contributed by atoms with Gasteiger partial charge in [-0.15, -0.1) is 0 Å². The molecule has 0 aliphatic carbocycles. The number of ether oxygens (including phenoxy) is 2. The third-order valence-electron chi connectivity index (χ3n) is 3.12. The fourth-order valence-corrected chi connectivity index (χ4v) is 2.46. The minimum absolute atomic E-state index is 0.210. The summed E-state index contributed by atoms with van der Waals surface area (Å²) in [4.78, 5) is 22.1. The number of aryl methyl sites for hydroxylation is 1. The molecule has 0 N–H and O–H groups in total. The first-order valence-corrected chi connectivity index (χ1v) is 7.68. The van der Waals surface area contributed by atoms with Crippen LogP contribution in [0.5, 0.6) is 11.5 Å². The molecule has 0 spiro atoms. The molecule has 6 nitrogen and oxygen atoms in total. The smallest absolute Gasteiger partial charge is 0.343 e. The number of benzene rings is 2. The Balaban J connectivity index is 2.30. The van der Waals surface area contributed by atoms with Crippen LogP contribution in [-0.4, -0.2) is 18.0 Å². The minimum Gasteiger partial charge on any atom is -0.493 e. The average molecular weight is 392 g/mol. The van der Waals surface area contributed by atoms with Crippen LogP contribution < -0.4 is 9.47 Å². The van der Waals surface area contributed by atoms with E-state index in [1.807, 2.05) is 19.1 Å². The standard InChI is InChI=1S/C17H14BrNO5/c1-11-3-5-13(6-4-11)17(20)24-16-14(18)9-12(7-8-19(21)22)10-15(16)23-2/h3-10H,1-2H3. The van der Waals surface area contributed by atoms with E-state index in [9.17, 15) is 14.9 Å². The van der Waals surface area contributed by atoms with E-state index in [1.54, 1.807) is 24.3 Å². The summed E-state index contributed by atoms with van der Waals surface area (Å²) in [6.07, 6.45) is 2.14. The van der Waals surface area contributed by atoms with E-state index in [2.05, 4.69) is 15.9 Å². The van der Waals surface area contributed by atoms with Crippen molar-refractivity contribution in [1.82, 2.24) is 0 Å². The lowest BCUT2D eigenvalue weighted by molar-refractivity contribution is -0.400. The number of carbonyl (C=O) groups excluding carboxylic acids is 1. The van der Waals surface area contributed by atoms with Crippen molar-refractivity contribution in [2.45, 2.75) is 6.92 Å². The number of nitrogens with zero attached hydrogens (tertiary/aromatic N) is 1. The number of carbonyl (C=O) groups is 1. The normalized spacial score (nSPS) is 10.6. The van der Waals surface area contributed by atoms with E-state index in [-0.39, 0.29) is 11.5 Å². The van der Waals surface area contributed by atoms with Gasteiger partial charge in [-0.05, 0) is 52.7 Å². The molecule has 124 valence electrons. The fourth-order valence-electron chi connectivity index (χ4n) is 1.92. The van der Waals surface area contributed by atoms with Crippen LogP contribution in [0.2, 0.25) is 0 Å². The van der Waals surface area contributed by atoms with E-state index in [1.165, 1.54) is 13.2 Å². The van der Waals surface area contributed by atoms with Gasteiger partial charge in [0.05, 0.1) is 22.1 Å². The maximum absolute atomic E-state index is 12.2. The molecule has 0 radical (unpaired) electrons. The Labute approximate surface area is 147 Å². The highest BCUT2D eigenvalue weighted by molar-refractivity contribution is 9.10. The second kappa shape index (κ2) is 7.74. The lowest BCUT2D eigenvalue weighted by atomic mass is 10.1. The summed E-state index contributed by atoms with van der Waals surface area (Å²) < 4.78 is 11.1. The third-order valence-corrected chi connectivity index (χ3v) is 3.71. The lowest BCUT2D eigenvalue weighted by Crippen LogP contribution is -2.09. The van der Waals surface area contributed by atoms with E-state index < -0.39 is 10.9 Å². The van der Waals surface area contributed by atoms with Crippen molar-refractivity contribution in [1.29, 1.82) is 0 Å². The Morgan fingerprint density at radius 2 is 1.92 bits per heavy atom. The van der Waals surface area contributed by atoms with Gasteiger partial charge in [0.25, 0.3) is 0 Å². The van der Waals surface area contributed by atoms with Gasteiger partial charge in [0.15, 0.2) is 11.5 Å². The van der Waals surface area contributed by atoms with Crippen molar-refractivity contribution >= 4 is 28.0 Å². The van der Waals surface area contributed by atoms with Gasteiger partial charge in [0.2, 0.25) is 6.20 Å². The van der Waals surface area contributed by atoms with E-state index in [0.717, 1.165) is 11.8 Å². The summed E-state index contributed by atoms with van der Waals surface area (Å²) >= 11 is 3.30. The van der Waals surface area contributed by atoms with Crippen molar-refractivity contribution in [2.75, 3.05) is 7.11 Å². The van der Waals surface area contributed by atoms with Crippen molar-refractivity contribution in [3.05, 3.63) is 73.9 Å². The monoisotopic (exact) mass is 391 g/mol. The van der Waals surface area contributed by atoms with E-state index in [0.29, 0.717) is 15.6 Å². The first-order chi connectivity index (χ1) is 11.4. The molecular weight excluding hydrogens is 378 g/mol. The van der Waals surface area contributed by atoms with E-state index >= 15 is 0 Å². The Morgan fingerprint density at radius 1 is 1.25 bits per heavy atom. The first-order valence-electron chi connectivity index (χ1n) is 6.89. The van der Waals surface area contributed by atoms with Gasteiger partial charge in [-0.2, -0.15) is 0 Å². The number of hydrogen-bond donors (Lipinski definition) is 0. The SMILES string of the molecule is COc1cc(C=C[N+](=O)[O-])cc(Br)c1OC(=O)c1ccc(C)cc1. The molecule has 0 atom stereocenters. The fraction of sp³-hybridized carbons (Fsp3) is 0.118. The van der Waals surface area contributed by atoms with Gasteiger partial charge in [-0.3, -0.25) is 10.1 Å². The topological polar surface area (TPSA) is 78.7 Å². The molecule has 0 fully saturated rings. The highest BCUT2D eigenvalue weighted by Crippen LogP contribution is 2.37. The number of hydrogen-bond acceptors (Lipinski definition) is 5. The molecule has 0 amide bonds. The summed E-state index contributed by atoms with van der Waals surface area (Å²) in [5.74, 6) is -0.0308. The van der Waals surface area contributed by atoms with Gasteiger partial charge in [0.1, 0.15) is 0 Å². The molecular formula is C17H14BrNO5. The molecule has 0 aliphatic rings. The summed E-state index contributed by atoms with van der Waals surface area (Å²) in [5.41, 5.74) is 1.98. The van der Waals surface area contributed by atoms with Crippen molar-refractivity contribution in [3.8, 4) is 11.5 Å². The zero-order valence-electron chi connectivity index (χ0n) is 13.0.